The zero-order chi connectivity index (χ0) is 19.4. The van der Waals surface area contributed by atoms with E-state index in [0.717, 1.165) is 0 Å². The molecule has 1 aromatic heterocycles. The molecular formula is C18H22FN5O3. The lowest BCUT2D eigenvalue weighted by molar-refractivity contribution is -0.142. The minimum atomic E-state index is -0.778. The molecule has 2 amide bonds. The van der Waals surface area contributed by atoms with Gasteiger partial charge in [-0.3, -0.25) is 10.1 Å². The first-order valence-corrected chi connectivity index (χ1v) is 8.88. The van der Waals surface area contributed by atoms with Crippen LogP contribution in [-0.2, 0) is 11.3 Å². The molecule has 1 fully saturated rings. The lowest BCUT2D eigenvalue weighted by Crippen LogP contribution is -2.41. The summed E-state index contributed by atoms with van der Waals surface area (Å²) in [6, 6.07) is 5.95. The van der Waals surface area contributed by atoms with E-state index < -0.39 is 12.0 Å². The van der Waals surface area contributed by atoms with Crippen molar-refractivity contribution in [1.82, 2.24) is 20.3 Å². The van der Waals surface area contributed by atoms with E-state index in [4.69, 9.17) is 5.11 Å². The number of carbonyl (C=O) groups excluding carboxylic acids is 1. The standard InChI is InChI=1S/C18H22FN5O3/c1-11-16(22-23-24(11)10-13-4-2-3-5-15(13)19)21-18(27)20-14-8-6-12(7-9-14)17(25)26/h2-5,12,14H,6-10H2,1H3,(H,25,26)(H2,20,21,27). The van der Waals surface area contributed by atoms with Crippen LogP contribution in [-0.4, -0.2) is 38.1 Å². The first kappa shape index (κ1) is 18.8. The van der Waals surface area contributed by atoms with E-state index in [-0.39, 0.29) is 24.3 Å². The molecule has 1 saturated carbocycles. The topological polar surface area (TPSA) is 109 Å². The van der Waals surface area contributed by atoms with Gasteiger partial charge in [-0.15, -0.1) is 5.10 Å². The predicted molar refractivity (Wildman–Crippen MR) is 95.8 cm³/mol. The Hall–Kier alpha value is -2.97. The number of halogens is 1. The summed E-state index contributed by atoms with van der Waals surface area (Å²) < 4.78 is 15.3. The Morgan fingerprint density at radius 3 is 2.63 bits per heavy atom. The lowest BCUT2D eigenvalue weighted by atomic mass is 9.86. The minimum absolute atomic E-state index is 0.0608. The van der Waals surface area contributed by atoms with Crippen LogP contribution in [0, 0.1) is 18.7 Å². The molecule has 1 aromatic carbocycles. The van der Waals surface area contributed by atoms with Crippen LogP contribution in [0.1, 0.15) is 36.9 Å². The largest absolute Gasteiger partial charge is 0.481 e. The van der Waals surface area contributed by atoms with Gasteiger partial charge >= 0.3 is 12.0 Å². The molecule has 0 saturated heterocycles. The molecule has 0 spiro atoms. The second-order valence-corrected chi connectivity index (χ2v) is 6.76. The Labute approximate surface area is 155 Å². The number of benzene rings is 1. The summed E-state index contributed by atoms with van der Waals surface area (Å²) in [7, 11) is 0. The molecule has 3 N–H and O–H groups in total. The normalized spacial score (nSPS) is 19.5. The van der Waals surface area contributed by atoms with E-state index in [2.05, 4.69) is 20.9 Å². The van der Waals surface area contributed by atoms with E-state index in [1.165, 1.54) is 10.7 Å². The van der Waals surface area contributed by atoms with Gasteiger partial charge in [-0.1, -0.05) is 23.4 Å². The van der Waals surface area contributed by atoms with Gasteiger partial charge in [-0.2, -0.15) is 0 Å². The van der Waals surface area contributed by atoms with Gasteiger partial charge in [0.25, 0.3) is 0 Å². The van der Waals surface area contributed by atoms with Gasteiger partial charge in [-0.05, 0) is 38.7 Å². The third kappa shape index (κ3) is 4.60. The second kappa shape index (κ2) is 8.15. The number of hydrogen-bond donors (Lipinski definition) is 3. The van der Waals surface area contributed by atoms with Gasteiger partial charge in [0.05, 0.1) is 18.2 Å². The van der Waals surface area contributed by atoms with Crippen molar-refractivity contribution in [2.45, 2.75) is 45.2 Å². The Kier molecular flexibility index (Phi) is 5.68. The van der Waals surface area contributed by atoms with Gasteiger partial charge in [0.1, 0.15) is 5.82 Å². The molecule has 0 radical (unpaired) electrons. The lowest BCUT2D eigenvalue weighted by Gasteiger charge is -2.26. The van der Waals surface area contributed by atoms with Crippen LogP contribution >= 0.6 is 0 Å². The molecule has 8 nitrogen and oxygen atoms in total. The Morgan fingerprint density at radius 2 is 1.96 bits per heavy atom. The molecule has 3 rings (SSSR count). The van der Waals surface area contributed by atoms with Gasteiger partial charge in [0.15, 0.2) is 5.82 Å². The van der Waals surface area contributed by atoms with Gasteiger partial charge in [0, 0.05) is 11.6 Å². The number of nitrogens with one attached hydrogen (secondary N) is 2. The van der Waals surface area contributed by atoms with Crippen LogP contribution in [0.5, 0.6) is 0 Å². The zero-order valence-corrected chi connectivity index (χ0v) is 15.0. The molecule has 1 heterocycles. The third-order valence-electron chi connectivity index (χ3n) is 4.90. The second-order valence-electron chi connectivity index (χ2n) is 6.76. The van der Waals surface area contributed by atoms with Crippen molar-refractivity contribution in [3.63, 3.8) is 0 Å². The van der Waals surface area contributed by atoms with Crippen molar-refractivity contribution in [2.75, 3.05) is 5.32 Å². The van der Waals surface area contributed by atoms with Crippen molar-refractivity contribution in [3.05, 3.63) is 41.3 Å². The number of urea groups is 1. The van der Waals surface area contributed by atoms with Crippen LogP contribution in [0.4, 0.5) is 15.0 Å². The molecule has 0 aliphatic heterocycles. The molecule has 0 unspecified atom stereocenters. The molecule has 9 heteroatoms. The molecule has 144 valence electrons. The highest BCUT2D eigenvalue weighted by Crippen LogP contribution is 2.24. The van der Waals surface area contributed by atoms with Crippen LogP contribution in [0.3, 0.4) is 0 Å². The van der Waals surface area contributed by atoms with E-state index in [1.54, 1.807) is 25.1 Å². The summed E-state index contributed by atoms with van der Waals surface area (Å²) in [6.45, 7) is 1.96. The number of carboxylic acids is 1. The maximum Gasteiger partial charge on any atom is 0.320 e. The van der Waals surface area contributed by atoms with E-state index >= 15 is 0 Å². The average Bonchev–Trinajstić information content (AvgIpc) is 2.97. The van der Waals surface area contributed by atoms with Crippen molar-refractivity contribution in [1.29, 1.82) is 0 Å². The third-order valence-corrected chi connectivity index (χ3v) is 4.90. The van der Waals surface area contributed by atoms with E-state index in [9.17, 15) is 14.0 Å². The first-order chi connectivity index (χ1) is 12.9. The van der Waals surface area contributed by atoms with Gasteiger partial charge in [-0.25, -0.2) is 13.9 Å². The fraction of sp³-hybridized carbons (Fsp3) is 0.444. The quantitative estimate of drug-likeness (QED) is 0.744. The number of nitrogens with zero attached hydrogens (tertiary/aromatic N) is 3. The molecule has 1 aliphatic carbocycles. The van der Waals surface area contributed by atoms with E-state index in [0.29, 0.717) is 42.8 Å². The number of hydrogen-bond acceptors (Lipinski definition) is 4. The average molecular weight is 375 g/mol. The summed E-state index contributed by atoms with van der Waals surface area (Å²) in [4.78, 5) is 23.2. The van der Waals surface area contributed by atoms with E-state index in [1.807, 2.05) is 0 Å². The summed E-state index contributed by atoms with van der Waals surface area (Å²) in [5, 5.41) is 22.4. The first-order valence-electron chi connectivity index (χ1n) is 8.88. The minimum Gasteiger partial charge on any atom is -0.481 e. The van der Waals surface area contributed by atoms with Crippen LogP contribution in [0.2, 0.25) is 0 Å². The van der Waals surface area contributed by atoms with Crippen molar-refractivity contribution < 1.29 is 19.1 Å². The number of aliphatic carboxylic acids is 1. The monoisotopic (exact) mass is 375 g/mol. The van der Waals surface area contributed by atoms with Crippen LogP contribution in [0.25, 0.3) is 0 Å². The molecule has 0 atom stereocenters. The smallest absolute Gasteiger partial charge is 0.320 e. The fourth-order valence-electron chi connectivity index (χ4n) is 3.23. The Balaban J connectivity index is 1.55. The molecule has 2 aromatic rings. The molecular weight excluding hydrogens is 353 g/mol. The van der Waals surface area contributed by atoms with Gasteiger partial charge in [0.2, 0.25) is 0 Å². The van der Waals surface area contributed by atoms with Crippen molar-refractivity contribution >= 4 is 17.8 Å². The van der Waals surface area contributed by atoms with Gasteiger partial charge < -0.3 is 10.4 Å². The number of rotatable bonds is 5. The van der Waals surface area contributed by atoms with Crippen molar-refractivity contribution in [2.24, 2.45) is 5.92 Å². The number of carbonyl (C=O) groups is 2. The number of amides is 2. The zero-order valence-electron chi connectivity index (χ0n) is 15.0. The summed E-state index contributed by atoms with van der Waals surface area (Å²) >= 11 is 0. The molecule has 1 aliphatic rings. The fourth-order valence-corrected chi connectivity index (χ4v) is 3.23. The highest BCUT2D eigenvalue weighted by atomic mass is 19.1. The predicted octanol–water partition coefficient (Wildman–Crippen LogP) is 2.54. The maximum absolute atomic E-state index is 13.8. The summed E-state index contributed by atoms with van der Waals surface area (Å²) in [5.41, 5.74) is 1.10. The van der Waals surface area contributed by atoms with Crippen LogP contribution in [0.15, 0.2) is 24.3 Å². The Bertz CT molecular complexity index is 830. The molecule has 27 heavy (non-hydrogen) atoms. The molecule has 0 bridgehead atoms. The summed E-state index contributed by atoms with van der Waals surface area (Å²) in [5.74, 6) is -1.12. The Morgan fingerprint density at radius 1 is 1.26 bits per heavy atom. The number of anilines is 1. The number of aromatic nitrogens is 3. The van der Waals surface area contributed by atoms with Crippen molar-refractivity contribution in [3.8, 4) is 0 Å². The SMILES string of the molecule is Cc1c(NC(=O)NC2CCC(C(=O)O)CC2)nnn1Cc1ccccc1F. The van der Waals surface area contributed by atoms with Crippen LogP contribution < -0.4 is 10.6 Å². The highest BCUT2D eigenvalue weighted by molar-refractivity contribution is 5.88. The maximum atomic E-state index is 13.8. The number of carboxylic acid groups (broad SMARTS) is 1. The highest BCUT2D eigenvalue weighted by Gasteiger charge is 2.27. The summed E-state index contributed by atoms with van der Waals surface area (Å²) in [6.07, 6.45) is 2.36.